The molecule has 21 heavy (non-hydrogen) atoms. The molecule has 0 radical (unpaired) electrons. The lowest BCUT2D eigenvalue weighted by Crippen LogP contribution is -2.17. The van der Waals surface area contributed by atoms with Crippen molar-refractivity contribution in [2.75, 3.05) is 0 Å². The van der Waals surface area contributed by atoms with Crippen molar-refractivity contribution < 1.29 is 4.79 Å². The normalized spacial score (nSPS) is 9.81. The summed E-state index contributed by atoms with van der Waals surface area (Å²) in [5, 5.41) is 21.2. The van der Waals surface area contributed by atoms with Crippen molar-refractivity contribution in [3.8, 4) is 12.1 Å². The minimum Gasteiger partial charge on any atom is -0.267 e. The molecule has 5 heteroatoms. The molecular weight excluding hydrogens is 264 g/mol. The summed E-state index contributed by atoms with van der Waals surface area (Å²) in [6, 6.07) is 17.1. The van der Waals surface area contributed by atoms with Gasteiger partial charge in [-0.25, -0.2) is 5.43 Å². The van der Waals surface area contributed by atoms with Crippen molar-refractivity contribution in [2.45, 2.75) is 0 Å². The number of carbonyl (C=O) groups is 1. The third-order valence-corrected chi connectivity index (χ3v) is 2.70. The van der Waals surface area contributed by atoms with E-state index in [-0.39, 0.29) is 5.91 Å². The molecule has 0 unspecified atom stereocenters. The van der Waals surface area contributed by atoms with Crippen molar-refractivity contribution in [3.63, 3.8) is 0 Å². The maximum Gasteiger partial charge on any atom is 0.271 e. The first-order valence-electron chi connectivity index (χ1n) is 6.06. The molecule has 0 atom stereocenters. The third kappa shape index (κ3) is 3.76. The van der Waals surface area contributed by atoms with Crippen LogP contribution in [0.1, 0.15) is 27.0 Å². The van der Waals surface area contributed by atoms with E-state index in [2.05, 4.69) is 10.5 Å². The van der Waals surface area contributed by atoms with Crippen LogP contribution < -0.4 is 5.43 Å². The van der Waals surface area contributed by atoms with E-state index in [4.69, 9.17) is 10.5 Å². The van der Waals surface area contributed by atoms with E-state index in [9.17, 15) is 4.79 Å². The van der Waals surface area contributed by atoms with E-state index in [1.54, 1.807) is 48.5 Å². The molecule has 2 aromatic rings. The zero-order valence-corrected chi connectivity index (χ0v) is 10.9. The van der Waals surface area contributed by atoms with Crippen LogP contribution in [0.3, 0.4) is 0 Å². The summed E-state index contributed by atoms with van der Waals surface area (Å²) in [4.78, 5) is 11.8. The van der Waals surface area contributed by atoms with Crippen LogP contribution in [0.2, 0.25) is 0 Å². The largest absolute Gasteiger partial charge is 0.271 e. The predicted molar refractivity (Wildman–Crippen MR) is 77.4 cm³/mol. The zero-order valence-electron chi connectivity index (χ0n) is 10.9. The van der Waals surface area contributed by atoms with Crippen molar-refractivity contribution in [1.82, 2.24) is 5.43 Å². The predicted octanol–water partition coefficient (Wildman–Crippen LogP) is 2.19. The number of amides is 1. The summed E-state index contributed by atoms with van der Waals surface area (Å²) in [7, 11) is 0. The topological polar surface area (TPSA) is 89.0 Å². The van der Waals surface area contributed by atoms with E-state index in [0.29, 0.717) is 16.7 Å². The van der Waals surface area contributed by atoms with Gasteiger partial charge in [0.05, 0.1) is 29.5 Å². The van der Waals surface area contributed by atoms with Gasteiger partial charge in [-0.15, -0.1) is 0 Å². The Hall–Kier alpha value is -3.44. The number of nitrogens with one attached hydrogen (secondary N) is 1. The van der Waals surface area contributed by atoms with Crippen LogP contribution in [-0.2, 0) is 0 Å². The molecule has 0 spiro atoms. The lowest BCUT2D eigenvalue weighted by molar-refractivity contribution is 0.0955. The van der Waals surface area contributed by atoms with Crippen LogP contribution in [0.5, 0.6) is 0 Å². The van der Waals surface area contributed by atoms with Crippen LogP contribution in [-0.4, -0.2) is 12.1 Å². The number of carbonyl (C=O) groups excluding carboxylic acids is 1. The van der Waals surface area contributed by atoms with Gasteiger partial charge >= 0.3 is 0 Å². The van der Waals surface area contributed by atoms with Crippen molar-refractivity contribution in [3.05, 3.63) is 70.8 Å². The molecule has 2 aromatic carbocycles. The maximum atomic E-state index is 11.8. The Balaban J connectivity index is 1.98. The SMILES string of the molecule is N#Cc1ccc(/C=N\NC(=O)c2ccc(C#N)cc2)cc1. The Kier molecular flexibility index (Phi) is 4.42. The highest BCUT2D eigenvalue weighted by Gasteiger charge is 2.03. The first kappa shape index (κ1) is 14.0. The van der Waals surface area contributed by atoms with Crippen LogP contribution in [0.25, 0.3) is 0 Å². The van der Waals surface area contributed by atoms with Crippen molar-refractivity contribution in [2.24, 2.45) is 5.10 Å². The number of benzene rings is 2. The fraction of sp³-hybridized carbons (Fsp3) is 0. The highest BCUT2D eigenvalue weighted by molar-refractivity contribution is 5.94. The maximum absolute atomic E-state index is 11.8. The molecule has 0 bridgehead atoms. The lowest BCUT2D eigenvalue weighted by atomic mass is 10.1. The fourth-order valence-corrected chi connectivity index (χ4v) is 1.57. The lowest BCUT2D eigenvalue weighted by Gasteiger charge is -1.99. The first-order chi connectivity index (χ1) is 10.2. The Bertz CT molecular complexity index is 747. The Morgan fingerprint density at radius 1 is 0.952 bits per heavy atom. The van der Waals surface area contributed by atoms with Gasteiger partial charge < -0.3 is 0 Å². The molecule has 1 N–H and O–H groups in total. The van der Waals surface area contributed by atoms with Gasteiger partial charge in [0.25, 0.3) is 5.91 Å². The third-order valence-electron chi connectivity index (χ3n) is 2.70. The minimum atomic E-state index is -0.357. The van der Waals surface area contributed by atoms with Gasteiger partial charge in [-0.3, -0.25) is 4.79 Å². The molecule has 0 heterocycles. The molecule has 0 aromatic heterocycles. The van der Waals surface area contributed by atoms with Gasteiger partial charge in [0, 0.05) is 5.56 Å². The second-order valence-electron chi connectivity index (χ2n) is 4.12. The summed E-state index contributed by atoms with van der Waals surface area (Å²) < 4.78 is 0. The Morgan fingerprint density at radius 3 is 2.00 bits per heavy atom. The van der Waals surface area contributed by atoms with E-state index in [1.807, 2.05) is 12.1 Å². The number of hydrogen-bond acceptors (Lipinski definition) is 4. The molecule has 1 amide bonds. The van der Waals surface area contributed by atoms with Gasteiger partial charge in [0.2, 0.25) is 0 Å². The average Bonchev–Trinajstić information content (AvgIpc) is 2.55. The van der Waals surface area contributed by atoms with E-state index in [0.717, 1.165) is 5.56 Å². The number of hydrazone groups is 1. The number of nitrogens with zero attached hydrogens (tertiary/aromatic N) is 3. The first-order valence-corrected chi connectivity index (χ1v) is 6.06. The van der Waals surface area contributed by atoms with E-state index in [1.165, 1.54) is 6.21 Å². The van der Waals surface area contributed by atoms with Gasteiger partial charge in [-0.1, -0.05) is 12.1 Å². The number of nitriles is 2. The van der Waals surface area contributed by atoms with Gasteiger partial charge in [-0.05, 0) is 42.0 Å². The molecule has 2 rings (SSSR count). The second-order valence-corrected chi connectivity index (χ2v) is 4.12. The van der Waals surface area contributed by atoms with Crippen LogP contribution in [0.4, 0.5) is 0 Å². The average molecular weight is 274 g/mol. The quantitative estimate of drug-likeness (QED) is 0.687. The van der Waals surface area contributed by atoms with Crippen LogP contribution in [0.15, 0.2) is 53.6 Å². The molecule has 0 aliphatic rings. The highest BCUT2D eigenvalue weighted by atomic mass is 16.2. The summed E-state index contributed by atoms with van der Waals surface area (Å²) in [6.45, 7) is 0. The fourth-order valence-electron chi connectivity index (χ4n) is 1.57. The number of hydrogen-bond donors (Lipinski definition) is 1. The molecule has 0 aliphatic carbocycles. The van der Waals surface area contributed by atoms with Crippen LogP contribution in [0, 0.1) is 22.7 Å². The molecule has 0 saturated carbocycles. The molecule has 5 nitrogen and oxygen atoms in total. The van der Waals surface area contributed by atoms with Gasteiger partial charge in [0.1, 0.15) is 0 Å². The summed E-state index contributed by atoms with van der Waals surface area (Å²) >= 11 is 0. The Labute approximate surface area is 121 Å². The van der Waals surface area contributed by atoms with Crippen molar-refractivity contribution >= 4 is 12.1 Å². The standard InChI is InChI=1S/C16H10N4O/c17-9-12-1-3-14(4-2-12)11-19-20-16(21)15-7-5-13(10-18)6-8-15/h1-8,11H,(H,20,21)/b19-11-. The smallest absolute Gasteiger partial charge is 0.267 e. The number of rotatable bonds is 3. The van der Waals surface area contributed by atoms with Gasteiger partial charge in [-0.2, -0.15) is 15.6 Å². The van der Waals surface area contributed by atoms with Gasteiger partial charge in [0.15, 0.2) is 0 Å². The zero-order chi connectivity index (χ0) is 15.1. The van der Waals surface area contributed by atoms with Crippen molar-refractivity contribution in [1.29, 1.82) is 10.5 Å². The molecule has 0 fully saturated rings. The summed E-state index contributed by atoms with van der Waals surface area (Å²) in [5.74, 6) is -0.357. The second kappa shape index (κ2) is 6.65. The monoisotopic (exact) mass is 274 g/mol. The highest BCUT2D eigenvalue weighted by Crippen LogP contribution is 2.03. The minimum absolute atomic E-state index is 0.357. The van der Waals surface area contributed by atoms with E-state index < -0.39 is 0 Å². The molecule has 0 aliphatic heterocycles. The van der Waals surface area contributed by atoms with Crippen LogP contribution >= 0.6 is 0 Å². The molecule has 0 saturated heterocycles. The summed E-state index contributed by atoms with van der Waals surface area (Å²) in [5.41, 5.74) is 4.65. The molecular formula is C16H10N4O. The van der Waals surface area contributed by atoms with E-state index >= 15 is 0 Å². The molecule has 100 valence electrons. The summed E-state index contributed by atoms with van der Waals surface area (Å²) in [6.07, 6.45) is 1.49. The Morgan fingerprint density at radius 2 is 1.48 bits per heavy atom.